The van der Waals surface area contributed by atoms with Crippen LogP contribution < -0.4 is 16.8 Å². The first-order valence-electron chi connectivity index (χ1n) is 9.06. The van der Waals surface area contributed by atoms with Crippen LogP contribution in [-0.4, -0.2) is 34.2 Å². The molecule has 9 nitrogen and oxygen atoms in total. The first-order valence-corrected chi connectivity index (χ1v) is 11.0. The van der Waals surface area contributed by atoms with Crippen molar-refractivity contribution in [2.75, 3.05) is 23.0 Å². The Morgan fingerprint density at radius 2 is 1.83 bits per heavy atom. The maximum atomic E-state index is 12.0. The van der Waals surface area contributed by atoms with Gasteiger partial charge in [-0.2, -0.15) is 0 Å². The maximum absolute atomic E-state index is 12.0. The fourth-order valence-corrected chi connectivity index (χ4v) is 4.32. The van der Waals surface area contributed by atoms with Crippen LogP contribution in [0, 0.1) is 6.92 Å². The van der Waals surface area contributed by atoms with Gasteiger partial charge >= 0.3 is 0 Å². The number of aromatic nitrogens is 4. The van der Waals surface area contributed by atoms with Crippen molar-refractivity contribution in [3.8, 4) is 11.3 Å². The molecule has 0 aliphatic rings. The summed E-state index contributed by atoms with van der Waals surface area (Å²) in [4.78, 5) is 13.5. The lowest BCUT2D eigenvalue weighted by Crippen LogP contribution is -2.03. The van der Waals surface area contributed by atoms with Crippen LogP contribution in [0.5, 0.6) is 0 Å². The summed E-state index contributed by atoms with van der Waals surface area (Å²) in [7, 11) is -1.52. The molecule has 2 aromatic heterocycles. The highest BCUT2D eigenvalue weighted by atomic mass is 32.2. The number of fused-ring (bicyclic) bond motifs is 1. The highest BCUT2D eigenvalue weighted by Gasteiger charge is 2.16. The molecule has 0 aliphatic carbocycles. The molecule has 0 atom stereocenters. The Balaban J connectivity index is 1.78. The van der Waals surface area contributed by atoms with Gasteiger partial charge in [-0.05, 0) is 42.8 Å². The third kappa shape index (κ3) is 3.41. The van der Waals surface area contributed by atoms with E-state index in [1.54, 1.807) is 48.0 Å². The number of anilines is 4. The van der Waals surface area contributed by atoms with Gasteiger partial charge in [0.25, 0.3) is 0 Å². The Hall–Kier alpha value is -3.66. The number of nitrogens with zero attached hydrogens (tertiary/aromatic N) is 4. The summed E-state index contributed by atoms with van der Waals surface area (Å²) in [5.74, 6) is 0.674. The summed E-state index contributed by atoms with van der Waals surface area (Å²) in [6.45, 7) is 1.75. The monoisotopic (exact) mass is 423 g/mol. The number of nitrogen functional groups attached to an aromatic ring is 2. The van der Waals surface area contributed by atoms with Crippen LogP contribution in [0.2, 0.25) is 0 Å². The second-order valence-electron chi connectivity index (χ2n) is 7.07. The van der Waals surface area contributed by atoms with E-state index >= 15 is 0 Å². The quantitative estimate of drug-likeness (QED) is 0.425. The number of nitrogens with one attached hydrogen (secondary N) is 1. The van der Waals surface area contributed by atoms with Crippen molar-refractivity contribution < 1.29 is 8.42 Å². The van der Waals surface area contributed by atoms with Crippen LogP contribution in [0.25, 0.3) is 22.3 Å². The molecule has 2 aromatic carbocycles. The number of nitrogens with two attached hydrogens (primary N) is 2. The van der Waals surface area contributed by atoms with Crippen LogP contribution in [0.3, 0.4) is 0 Å². The lowest BCUT2D eigenvalue weighted by atomic mass is 10.1. The molecule has 4 aromatic rings. The molecule has 0 bridgehead atoms. The van der Waals surface area contributed by atoms with Crippen molar-refractivity contribution in [1.82, 2.24) is 19.5 Å². The van der Waals surface area contributed by atoms with Crippen LogP contribution >= 0.6 is 0 Å². The van der Waals surface area contributed by atoms with E-state index in [0.29, 0.717) is 45.6 Å². The van der Waals surface area contributed by atoms with E-state index < -0.39 is 9.84 Å². The van der Waals surface area contributed by atoms with Crippen LogP contribution in [0.1, 0.15) is 5.56 Å². The SMILES string of the molecule is Cc1ccc(Nc2nccc(-c3c(N)ccc4c3nc(N)n4C)n2)cc1S(C)(=O)=O. The highest BCUT2D eigenvalue weighted by molar-refractivity contribution is 7.90. The Kier molecular flexibility index (Phi) is 4.58. The predicted molar refractivity (Wildman–Crippen MR) is 118 cm³/mol. The first kappa shape index (κ1) is 19.6. The zero-order valence-corrected chi connectivity index (χ0v) is 17.5. The van der Waals surface area contributed by atoms with E-state index in [1.807, 2.05) is 13.1 Å². The van der Waals surface area contributed by atoms with Crippen LogP contribution in [-0.2, 0) is 16.9 Å². The summed E-state index contributed by atoms with van der Waals surface area (Å²) in [6.07, 6.45) is 2.78. The second kappa shape index (κ2) is 6.99. The molecule has 154 valence electrons. The molecule has 0 fully saturated rings. The molecule has 0 unspecified atom stereocenters. The zero-order chi connectivity index (χ0) is 21.6. The summed E-state index contributed by atoms with van der Waals surface area (Å²) in [5.41, 5.74) is 16.6. The molecule has 0 amide bonds. The fourth-order valence-electron chi connectivity index (χ4n) is 3.33. The molecule has 0 spiro atoms. The lowest BCUT2D eigenvalue weighted by Gasteiger charge is -2.11. The Morgan fingerprint density at radius 1 is 1.07 bits per heavy atom. The van der Waals surface area contributed by atoms with Crippen molar-refractivity contribution in [2.24, 2.45) is 7.05 Å². The first-order chi connectivity index (χ1) is 14.1. The summed E-state index contributed by atoms with van der Waals surface area (Å²) in [5, 5.41) is 3.06. The minimum atomic E-state index is -3.35. The van der Waals surface area contributed by atoms with Crippen molar-refractivity contribution in [1.29, 1.82) is 0 Å². The molecule has 10 heteroatoms. The molecule has 30 heavy (non-hydrogen) atoms. The Morgan fingerprint density at radius 3 is 2.57 bits per heavy atom. The smallest absolute Gasteiger partial charge is 0.227 e. The van der Waals surface area contributed by atoms with E-state index in [4.69, 9.17) is 11.5 Å². The second-order valence-corrected chi connectivity index (χ2v) is 9.05. The zero-order valence-electron chi connectivity index (χ0n) is 16.7. The number of rotatable bonds is 4. The summed E-state index contributed by atoms with van der Waals surface area (Å²) >= 11 is 0. The van der Waals surface area contributed by atoms with E-state index in [-0.39, 0.29) is 4.90 Å². The largest absolute Gasteiger partial charge is 0.398 e. The van der Waals surface area contributed by atoms with Gasteiger partial charge in [0, 0.05) is 30.9 Å². The number of hydrogen-bond donors (Lipinski definition) is 3. The van der Waals surface area contributed by atoms with Gasteiger partial charge in [0.15, 0.2) is 9.84 Å². The molecule has 0 radical (unpaired) electrons. The summed E-state index contributed by atoms with van der Waals surface area (Å²) in [6, 6.07) is 10.4. The van der Waals surface area contributed by atoms with Crippen LogP contribution in [0.15, 0.2) is 47.5 Å². The molecular formula is C20H21N7O2S. The van der Waals surface area contributed by atoms with Gasteiger partial charge in [0.2, 0.25) is 11.9 Å². The standard InChI is InChI=1S/C20H21N7O2S/c1-11-4-5-12(10-16(11)30(3,28)29)24-20-23-9-8-14(25-20)17-13(21)6-7-15-18(17)26-19(22)27(15)2/h4-10H,21H2,1-3H3,(H2,22,26)(H,23,24,25). The fraction of sp³-hybridized carbons (Fsp3) is 0.150. The number of aryl methyl sites for hydroxylation is 2. The molecule has 0 saturated heterocycles. The highest BCUT2D eigenvalue weighted by Crippen LogP contribution is 2.33. The van der Waals surface area contributed by atoms with E-state index in [2.05, 4.69) is 20.3 Å². The van der Waals surface area contributed by atoms with Crippen molar-refractivity contribution >= 4 is 44.1 Å². The van der Waals surface area contributed by atoms with E-state index in [0.717, 1.165) is 5.52 Å². The normalized spacial score (nSPS) is 11.7. The number of hydrogen-bond acceptors (Lipinski definition) is 8. The van der Waals surface area contributed by atoms with Gasteiger partial charge in [-0.15, -0.1) is 0 Å². The van der Waals surface area contributed by atoms with Gasteiger partial charge in [-0.25, -0.2) is 23.4 Å². The number of benzene rings is 2. The van der Waals surface area contributed by atoms with Gasteiger partial charge in [0.1, 0.15) is 5.52 Å². The number of sulfone groups is 1. The number of imidazole rings is 1. The van der Waals surface area contributed by atoms with Gasteiger partial charge in [-0.1, -0.05) is 6.07 Å². The van der Waals surface area contributed by atoms with Crippen LogP contribution in [0.4, 0.5) is 23.3 Å². The van der Waals surface area contributed by atoms with Crippen molar-refractivity contribution in [2.45, 2.75) is 11.8 Å². The Labute approximate surface area is 173 Å². The molecule has 4 rings (SSSR count). The predicted octanol–water partition coefficient (Wildman–Crippen LogP) is 2.65. The summed E-state index contributed by atoms with van der Waals surface area (Å²) < 4.78 is 25.8. The van der Waals surface area contributed by atoms with Gasteiger partial charge in [-0.3, -0.25) is 0 Å². The molecular weight excluding hydrogens is 402 g/mol. The Bertz CT molecular complexity index is 1390. The molecule has 5 N–H and O–H groups in total. The van der Waals surface area contributed by atoms with Gasteiger partial charge < -0.3 is 21.4 Å². The lowest BCUT2D eigenvalue weighted by molar-refractivity contribution is 0.601. The third-order valence-electron chi connectivity index (χ3n) is 4.88. The van der Waals surface area contributed by atoms with Crippen molar-refractivity contribution in [3.05, 3.63) is 48.2 Å². The third-order valence-corrected chi connectivity index (χ3v) is 6.11. The average molecular weight is 424 g/mol. The van der Waals surface area contributed by atoms with Gasteiger partial charge in [0.05, 0.1) is 21.7 Å². The van der Waals surface area contributed by atoms with E-state index in [1.165, 1.54) is 6.26 Å². The maximum Gasteiger partial charge on any atom is 0.227 e. The molecule has 2 heterocycles. The minimum absolute atomic E-state index is 0.252. The molecule has 0 saturated carbocycles. The average Bonchev–Trinajstić information content (AvgIpc) is 2.96. The minimum Gasteiger partial charge on any atom is -0.398 e. The van der Waals surface area contributed by atoms with Crippen molar-refractivity contribution in [3.63, 3.8) is 0 Å². The topological polar surface area (TPSA) is 142 Å². The molecule has 0 aliphatic heterocycles. The van der Waals surface area contributed by atoms with E-state index in [9.17, 15) is 8.42 Å².